The maximum absolute atomic E-state index is 3.84. The lowest BCUT2D eigenvalue weighted by atomic mass is 9.81. The quantitative estimate of drug-likeness (QED) is 0.599. The Morgan fingerprint density at radius 3 is 3.00 bits per heavy atom. The molecule has 1 aromatic rings. The van der Waals surface area contributed by atoms with Gasteiger partial charge >= 0.3 is 0 Å². The Labute approximate surface area is 80.3 Å². The summed E-state index contributed by atoms with van der Waals surface area (Å²) < 4.78 is 0. The van der Waals surface area contributed by atoms with Crippen LogP contribution in [0.3, 0.4) is 0 Å². The third-order valence-electron chi connectivity index (χ3n) is 3.21. The predicted octanol–water partition coefficient (Wildman–Crippen LogP) is 3.47. The average molecular weight is 172 g/mol. The van der Waals surface area contributed by atoms with Crippen molar-refractivity contribution >= 4 is 0 Å². The molecule has 0 aliphatic heterocycles. The summed E-state index contributed by atoms with van der Waals surface area (Å²) in [6.07, 6.45) is 5.66. The molecule has 1 aliphatic carbocycles. The van der Waals surface area contributed by atoms with Crippen LogP contribution in [0.1, 0.15) is 30.9 Å². The van der Waals surface area contributed by atoms with E-state index in [9.17, 15) is 0 Å². The topological polar surface area (TPSA) is 0 Å². The lowest BCUT2D eigenvalue weighted by molar-refractivity contribution is 0.476. The van der Waals surface area contributed by atoms with Crippen LogP contribution in [0.5, 0.6) is 0 Å². The van der Waals surface area contributed by atoms with E-state index < -0.39 is 0 Å². The molecule has 2 rings (SSSR count). The molecule has 1 aromatic carbocycles. The molecule has 1 atom stereocenters. The molecule has 0 amide bonds. The van der Waals surface area contributed by atoms with E-state index in [-0.39, 0.29) is 0 Å². The molecule has 0 N–H and O–H groups in total. The monoisotopic (exact) mass is 172 g/mol. The first-order chi connectivity index (χ1) is 6.26. The second kappa shape index (κ2) is 3.02. The Morgan fingerprint density at radius 1 is 1.46 bits per heavy atom. The molecule has 1 unspecified atom stereocenters. The van der Waals surface area contributed by atoms with Gasteiger partial charge in [-0.1, -0.05) is 37.3 Å². The molecule has 0 nitrogen and oxygen atoms in total. The van der Waals surface area contributed by atoms with Gasteiger partial charge in [-0.15, -0.1) is 6.58 Å². The first-order valence-corrected chi connectivity index (χ1v) is 4.95. The van der Waals surface area contributed by atoms with E-state index in [1.54, 1.807) is 0 Å². The van der Waals surface area contributed by atoms with E-state index >= 15 is 0 Å². The van der Waals surface area contributed by atoms with Gasteiger partial charge in [-0.3, -0.25) is 0 Å². The Kier molecular flexibility index (Phi) is 1.99. The van der Waals surface area contributed by atoms with E-state index in [1.807, 2.05) is 6.08 Å². The zero-order valence-corrected chi connectivity index (χ0v) is 8.22. The minimum Gasteiger partial charge on any atom is -0.103 e. The largest absolute Gasteiger partial charge is 0.103 e. The molecule has 0 bridgehead atoms. The van der Waals surface area contributed by atoms with Gasteiger partial charge in [-0.05, 0) is 35.8 Å². The Balaban J connectivity index is 2.42. The van der Waals surface area contributed by atoms with Crippen molar-refractivity contribution in [2.45, 2.75) is 31.6 Å². The molecule has 0 radical (unpaired) electrons. The highest BCUT2D eigenvalue weighted by Gasteiger charge is 2.32. The molecule has 0 spiro atoms. The summed E-state index contributed by atoms with van der Waals surface area (Å²) in [5.41, 5.74) is 3.43. The fraction of sp³-hybridized carbons (Fsp3) is 0.385. The maximum Gasteiger partial charge on any atom is -0.00350 e. The second-order valence-corrected chi connectivity index (χ2v) is 4.21. The van der Waals surface area contributed by atoms with E-state index in [2.05, 4.69) is 37.8 Å². The van der Waals surface area contributed by atoms with Crippen molar-refractivity contribution < 1.29 is 0 Å². The summed E-state index contributed by atoms with van der Waals surface area (Å²) >= 11 is 0. The molecule has 0 fully saturated rings. The standard InChI is InChI=1S/C13H16/c1-3-9-13(2)10-8-11-6-4-5-7-12(11)13/h3-7H,1,8-10H2,2H3. The summed E-state index contributed by atoms with van der Waals surface area (Å²) in [7, 11) is 0. The second-order valence-electron chi connectivity index (χ2n) is 4.21. The number of hydrogen-bond acceptors (Lipinski definition) is 0. The maximum atomic E-state index is 3.84. The number of rotatable bonds is 2. The Hall–Kier alpha value is -1.04. The lowest BCUT2D eigenvalue weighted by Crippen LogP contribution is -2.16. The van der Waals surface area contributed by atoms with Crippen LogP contribution in [0, 0.1) is 0 Å². The van der Waals surface area contributed by atoms with E-state index in [1.165, 1.54) is 24.0 Å². The molecule has 13 heavy (non-hydrogen) atoms. The minimum atomic E-state index is 0.359. The number of benzene rings is 1. The third-order valence-corrected chi connectivity index (χ3v) is 3.21. The fourth-order valence-electron chi connectivity index (χ4n) is 2.40. The van der Waals surface area contributed by atoms with Crippen molar-refractivity contribution in [3.05, 3.63) is 48.0 Å². The zero-order valence-electron chi connectivity index (χ0n) is 8.22. The first kappa shape index (κ1) is 8.55. The summed E-state index contributed by atoms with van der Waals surface area (Å²) in [5.74, 6) is 0. The number of fused-ring (bicyclic) bond motifs is 1. The van der Waals surface area contributed by atoms with Crippen LogP contribution < -0.4 is 0 Å². The van der Waals surface area contributed by atoms with Gasteiger partial charge in [0.05, 0.1) is 0 Å². The summed E-state index contributed by atoms with van der Waals surface area (Å²) in [4.78, 5) is 0. The van der Waals surface area contributed by atoms with Crippen LogP contribution in [-0.2, 0) is 11.8 Å². The van der Waals surface area contributed by atoms with Crippen LogP contribution in [0.25, 0.3) is 0 Å². The Morgan fingerprint density at radius 2 is 2.23 bits per heavy atom. The molecular weight excluding hydrogens is 156 g/mol. The minimum absolute atomic E-state index is 0.359. The highest BCUT2D eigenvalue weighted by molar-refractivity contribution is 5.39. The van der Waals surface area contributed by atoms with Gasteiger partial charge in [0.25, 0.3) is 0 Å². The van der Waals surface area contributed by atoms with Crippen LogP contribution in [-0.4, -0.2) is 0 Å². The van der Waals surface area contributed by atoms with Crippen LogP contribution in [0.2, 0.25) is 0 Å². The normalized spacial score (nSPS) is 25.6. The molecule has 68 valence electrons. The number of hydrogen-bond donors (Lipinski definition) is 0. The van der Waals surface area contributed by atoms with Crippen LogP contribution >= 0.6 is 0 Å². The van der Waals surface area contributed by atoms with Crippen molar-refractivity contribution in [1.29, 1.82) is 0 Å². The van der Waals surface area contributed by atoms with Gasteiger partial charge in [0.2, 0.25) is 0 Å². The molecule has 1 aliphatic rings. The molecule has 0 heteroatoms. The zero-order chi connectivity index (χ0) is 9.31. The van der Waals surface area contributed by atoms with E-state index in [0.29, 0.717) is 5.41 Å². The predicted molar refractivity (Wildman–Crippen MR) is 56.9 cm³/mol. The van der Waals surface area contributed by atoms with E-state index in [4.69, 9.17) is 0 Å². The van der Waals surface area contributed by atoms with Gasteiger partial charge in [0.15, 0.2) is 0 Å². The van der Waals surface area contributed by atoms with Crippen molar-refractivity contribution in [2.24, 2.45) is 0 Å². The van der Waals surface area contributed by atoms with Crippen molar-refractivity contribution in [1.82, 2.24) is 0 Å². The first-order valence-electron chi connectivity index (χ1n) is 4.95. The molecule has 0 saturated carbocycles. The highest BCUT2D eigenvalue weighted by Crippen LogP contribution is 2.41. The highest BCUT2D eigenvalue weighted by atomic mass is 14.4. The Bertz CT molecular complexity index is 325. The SMILES string of the molecule is C=CCC1(C)CCc2ccccc21. The summed E-state index contributed by atoms with van der Waals surface area (Å²) in [5, 5.41) is 0. The van der Waals surface area contributed by atoms with Gasteiger partial charge in [0.1, 0.15) is 0 Å². The van der Waals surface area contributed by atoms with Crippen LogP contribution in [0.4, 0.5) is 0 Å². The van der Waals surface area contributed by atoms with Gasteiger partial charge in [-0.2, -0.15) is 0 Å². The molecule has 0 heterocycles. The number of allylic oxidation sites excluding steroid dienone is 1. The third kappa shape index (κ3) is 1.31. The fourth-order valence-corrected chi connectivity index (χ4v) is 2.40. The lowest BCUT2D eigenvalue weighted by Gasteiger charge is -2.23. The van der Waals surface area contributed by atoms with Crippen molar-refractivity contribution in [3.63, 3.8) is 0 Å². The molecule has 0 saturated heterocycles. The average Bonchev–Trinajstić information content (AvgIpc) is 2.46. The van der Waals surface area contributed by atoms with Gasteiger partial charge in [0, 0.05) is 0 Å². The van der Waals surface area contributed by atoms with Crippen molar-refractivity contribution in [2.75, 3.05) is 0 Å². The molecule has 0 aromatic heterocycles. The number of aryl methyl sites for hydroxylation is 1. The van der Waals surface area contributed by atoms with Crippen molar-refractivity contribution in [3.8, 4) is 0 Å². The summed E-state index contributed by atoms with van der Waals surface area (Å²) in [6, 6.07) is 8.81. The summed E-state index contributed by atoms with van der Waals surface area (Å²) in [6.45, 7) is 6.19. The van der Waals surface area contributed by atoms with E-state index in [0.717, 1.165) is 6.42 Å². The molecular formula is C13H16. The van der Waals surface area contributed by atoms with Gasteiger partial charge < -0.3 is 0 Å². The van der Waals surface area contributed by atoms with Gasteiger partial charge in [-0.25, -0.2) is 0 Å². The smallest absolute Gasteiger partial charge is 0.00350 e. The van der Waals surface area contributed by atoms with Crippen LogP contribution in [0.15, 0.2) is 36.9 Å².